The van der Waals surface area contributed by atoms with Gasteiger partial charge >= 0.3 is 0 Å². The van der Waals surface area contributed by atoms with E-state index in [9.17, 15) is 0 Å². The van der Waals surface area contributed by atoms with E-state index in [1.165, 1.54) is 20.2 Å². The number of aliphatic imine (C=N–C) groups is 2. The third-order valence-corrected chi connectivity index (χ3v) is 13.0. The van der Waals surface area contributed by atoms with Crippen molar-refractivity contribution in [2.75, 3.05) is 0 Å². The summed E-state index contributed by atoms with van der Waals surface area (Å²) in [5.41, 5.74) is 14.5. The van der Waals surface area contributed by atoms with E-state index in [2.05, 4.69) is 138 Å². The van der Waals surface area contributed by atoms with E-state index in [0.717, 1.165) is 64.5 Å². The van der Waals surface area contributed by atoms with Gasteiger partial charge in [0.1, 0.15) is 11.5 Å². The molecule has 0 aliphatic heterocycles. The first-order valence-corrected chi connectivity index (χ1v) is 20.4. The van der Waals surface area contributed by atoms with Crippen molar-refractivity contribution in [2.24, 2.45) is 15.7 Å². The molecular weight excluding hydrogens is 737 g/mol. The number of nitrogens with zero attached hydrogens (tertiary/aromatic N) is 5. The van der Waals surface area contributed by atoms with Crippen molar-refractivity contribution in [3.05, 3.63) is 187 Å². The lowest BCUT2D eigenvalue weighted by molar-refractivity contribution is 1.07. The van der Waals surface area contributed by atoms with Gasteiger partial charge in [-0.2, -0.15) is 0 Å². The summed E-state index contributed by atoms with van der Waals surface area (Å²) >= 11 is 3.46. The molecule has 0 saturated carbocycles. The van der Waals surface area contributed by atoms with Crippen LogP contribution in [0.15, 0.2) is 180 Å². The highest BCUT2D eigenvalue weighted by atomic mass is 32.1. The fraction of sp³-hybridized carbons (Fsp3) is 0.0204. The Kier molecular flexibility index (Phi) is 7.98. The summed E-state index contributed by atoms with van der Waals surface area (Å²) in [5.74, 6) is 1.45. The Morgan fingerprint density at radius 3 is 2.02 bits per heavy atom. The second-order valence-corrected chi connectivity index (χ2v) is 16.1. The molecule has 0 saturated heterocycles. The number of para-hydroxylation sites is 2. The molecule has 4 heterocycles. The standard InChI is InChI=1S/C49H32N6S2/c50-47(30-15-3-1-4-16-30)54-49(51-29-31-17-13-23-34-33-20-8-11-27-40(33)56-45(31)34)44-46-43(36-22-9-12-28-41(36)57-46)52-48(53-44)37-24-14-26-39-42(37)35-21-7-10-25-38(35)55(39)32-18-5-2-6-19-32/h1-28H,29H2,(H2,50,51,54). The van der Waals surface area contributed by atoms with Crippen LogP contribution in [0.1, 0.15) is 16.8 Å². The van der Waals surface area contributed by atoms with Gasteiger partial charge in [-0.1, -0.05) is 133 Å². The van der Waals surface area contributed by atoms with Crippen LogP contribution in [0.25, 0.3) is 79.4 Å². The summed E-state index contributed by atoms with van der Waals surface area (Å²) in [4.78, 5) is 21.3. The van der Waals surface area contributed by atoms with Gasteiger partial charge in [0.15, 0.2) is 11.7 Å². The fourth-order valence-corrected chi connectivity index (χ4v) is 10.3. The topological polar surface area (TPSA) is 81.5 Å². The van der Waals surface area contributed by atoms with Crippen LogP contribution < -0.4 is 5.73 Å². The molecule has 0 spiro atoms. The van der Waals surface area contributed by atoms with Gasteiger partial charge in [0.25, 0.3) is 0 Å². The lowest BCUT2D eigenvalue weighted by Crippen LogP contribution is -2.17. The first-order chi connectivity index (χ1) is 28.2. The predicted octanol–water partition coefficient (Wildman–Crippen LogP) is 12.3. The molecule has 0 bridgehead atoms. The van der Waals surface area contributed by atoms with Crippen molar-refractivity contribution in [1.29, 1.82) is 0 Å². The second kappa shape index (κ2) is 13.6. The molecule has 2 N–H and O–H groups in total. The highest BCUT2D eigenvalue weighted by Gasteiger charge is 2.23. The van der Waals surface area contributed by atoms with E-state index >= 15 is 0 Å². The SMILES string of the molecule is NC(=NC(=NCc1cccc2c1sc1ccccc12)c1nc(-c2cccc3c2c2ccccc2n3-c2ccccc2)nc2c1sc1ccccc12)c1ccccc1. The second-order valence-electron chi connectivity index (χ2n) is 14.0. The molecule has 270 valence electrons. The average molecular weight is 769 g/mol. The van der Waals surface area contributed by atoms with Crippen LogP contribution in [0.3, 0.4) is 0 Å². The van der Waals surface area contributed by atoms with Gasteiger partial charge < -0.3 is 10.3 Å². The van der Waals surface area contributed by atoms with Crippen molar-refractivity contribution >= 4 is 96.6 Å². The maximum Gasteiger partial charge on any atom is 0.177 e. The molecule has 11 aromatic rings. The zero-order valence-electron chi connectivity index (χ0n) is 30.5. The molecule has 7 aromatic carbocycles. The Bertz CT molecular complexity index is 3390. The Labute approximate surface area is 335 Å². The molecule has 0 aliphatic rings. The minimum atomic E-state index is 0.372. The molecule has 0 radical (unpaired) electrons. The molecule has 11 rings (SSSR count). The van der Waals surface area contributed by atoms with Crippen LogP contribution >= 0.6 is 22.7 Å². The molecule has 0 amide bonds. The number of amidine groups is 2. The van der Waals surface area contributed by atoms with Crippen LogP contribution in [-0.2, 0) is 6.54 Å². The van der Waals surface area contributed by atoms with Crippen molar-refractivity contribution < 1.29 is 0 Å². The van der Waals surface area contributed by atoms with Crippen LogP contribution in [0.5, 0.6) is 0 Å². The van der Waals surface area contributed by atoms with Crippen molar-refractivity contribution in [2.45, 2.75) is 6.54 Å². The molecular formula is C49H32N6S2. The van der Waals surface area contributed by atoms with Crippen LogP contribution in [0.2, 0.25) is 0 Å². The van der Waals surface area contributed by atoms with E-state index in [1.807, 2.05) is 36.4 Å². The number of aromatic nitrogens is 3. The molecule has 0 atom stereocenters. The summed E-state index contributed by atoms with van der Waals surface area (Å²) in [7, 11) is 0. The average Bonchev–Trinajstić information content (AvgIpc) is 3.95. The van der Waals surface area contributed by atoms with Crippen molar-refractivity contribution in [3.63, 3.8) is 0 Å². The van der Waals surface area contributed by atoms with Crippen molar-refractivity contribution in [3.8, 4) is 17.1 Å². The summed E-state index contributed by atoms with van der Waals surface area (Å²) in [6.45, 7) is 0.400. The van der Waals surface area contributed by atoms with E-state index in [0.29, 0.717) is 29.7 Å². The quantitative estimate of drug-likeness (QED) is 0.135. The van der Waals surface area contributed by atoms with Gasteiger partial charge in [0, 0.05) is 57.8 Å². The van der Waals surface area contributed by atoms with Crippen LogP contribution in [0, 0.1) is 0 Å². The molecule has 4 aromatic heterocycles. The molecule has 0 unspecified atom stereocenters. The van der Waals surface area contributed by atoms with E-state index in [4.69, 9.17) is 25.7 Å². The number of nitrogens with two attached hydrogens (primary N) is 1. The lowest BCUT2D eigenvalue weighted by atomic mass is 10.1. The summed E-state index contributed by atoms with van der Waals surface area (Å²) < 4.78 is 6.83. The van der Waals surface area contributed by atoms with Crippen molar-refractivity contribution in [1.82, 2.24) is 14.5 Å². The number of benzene rings is 7. The van der Waals surface area contributed by atoms with Gasteiger partial charge in [-0.3, -0.25) is 4.99 Å². The Morgan fingerprint density at radius 1 is 0.561 bits per heavy atom. The van der Waals surface area contributed by atoms with E-state index in [1.54, 1.807) is 22.7 Å². The molecule has 8 heteroatoms. The minimum Gasteiger partial charge on any atom is -0.383 e. The normalized spacial score (nSPS) is 12.6. The Balaban J connectivity index is 1.18. The first-order valence-electron chi connectivity index (χ1n) is 18.8. The number of rotatable bonds is 6. The zero-order valence-corrected chi connectivity index (χ0v) is 32.1. The fourth-order valence-electron chi connectivity index (χ4n) is 7.96. The van der Waals surface area contributed by atoms with Crippen LogP contribution in [0.4, 0.5) is 0 Å². The van der Waals surface area contributed by atoms with Gasteiger partial charge in [0.05, 0.1) is 27.8 Å². The summed E-state index contributed by atoms with van der Waals surface area (Å²) in [6, 6.07) is 58.8. The minimum absolute atomic E-state index is 0.372. The lowest BCUT2D eigenvalue weighted by Gasteiger charge is -2.10. The predicted molar refractivity (Wildman–Crippen MR) is 241 cm³/mol. The number of hydrogen-bond acceptors (Lipinski definition) is 5. The monoisotopic (exact) mass is 768 g/mol. The molecule has 0 fully saturated rings. The zero-order chi connectivity index (χ0) is 37.9. The molecule has 6 nitrogen and oxygen atoms in total. The third-order valence-electron chi connectivity index (χ3n) is 10.6. The number of fused-ring (bicyclic) bond motifs is 9. The smallest absolute Gasteiger partial charge is 0.177 e. The van der Waals surface area contributed by atoms with Gasteiger partial charge in [-0.15, -0.1) is 22.7 Å². The highest BCUT2D eigenvalue weighted by Crippen LogP contribution is 2.41. The largest absolute Gasteiger partial charge is 0.383 e. The third kappa shape index (κ3) is 5.60. The number of hydrogen-bond donors (Lipinski definition) is 1. The Morgan fingerprint density at radius 2 is 1.19 bits per heavy atom. The molecule has 0 aliphatic carbocycles. The molecule has 57 heavy (non-hydrogen) atoms. The van der Waals surface area contributed by atoms with Gasteiger partial charge in [-0.05, 0) is 42.0 Å². The summed E-state index contributed by atoms with van der Waals surface area (Å²) in [5, 5.41) is 5.77. The maximum absolute atomic E-state index is 6.84. The van der Waals surface area contributed by atoms with Gasteiger partial charge in [-0.25, -0.2) is 15.0 Å². The van der Waals surface area contributed by atoms with E-state index < -0.39 is 0 Å². The Hall–Kier alpha value is -7.00. The summed E-state index contributed by atoms with van der Waals surface area (Å²) in [6.07, 6.45) is 0. The van der Waals surface area contributed by atoms with Gasteiger partial charge in [0.2, 0.25) is 0 Å². The maximum atomic E-state index is 6.84. The highest BCUT2D eigenvalue weighted by molar-refractivity contribution is 7.26. The first kappa shape index (κ1) is 33.3. The van der Waals surface area contributed by atoms with E-state index in [-0.39, 0.29) is 0 Å². The van der Waals surface area contributed by atoms with Crippen LogP contribution in [-0.4, -0.2) is 26.2 Å². The number of thiophene rings is 2.